The lowest BCUT2D eigenvalue weighted by Crippen LogP contribution is -2.31. The van der Waals surface area contributed by atoms with Gasteiger partial charge in [0.2, 0.25) is 0 Å². The number of anilines is 2. The van der Waals surface area contributed by atoms with Gasteiger partial charge in [-0.1, -0.05) is 72.4 Å². The Hall–Kier alpha value is -2.80. The van der Waals surface area contributed by atoms with Crippen LogP contribution in [0.2, 0.25) is 0 Å². The quantitative estimate of drug-likeness (QED) is 0.551. The number of hydrogen-bond donors (Lipinski definition) is 0. The lowest BCUT2D eigenvalue weighted by atomic mass is 9.92. The van der Waals surface area contributed by atoms with Crippen molar-refractivity contribution in [1.29, 1.82) is 0 Å². The van der Waals surface area contributed by atoms with Gasteiger partial charge in [0.05, 0.1) is 6.04 Å². The molecule has 1 unspecified atom stereocenters. The van der Waals surface area contributed by atoms with Gasteiger partial charge in [-0.3, -0.25) is 0 Å². The summed E-state index contributed by atoms with van der Waals surface area (Å²) in [6, 6.07) is 15.8. The summed E-state index contributed by atoms with van der Waals surface area (Å²) in [6.07, 6.45) is 11.9. The lowest BCUT2D eigenvalue weighted by Gasteiger charge is -2.35. The van der Waals surface area contributed by atoms with E-state index in [0.29, 0.717) is 0 Å². The van der Waals surface area contributed by atoms with Crippen molar-refractivity contribution in [3.05, 3.63) is 107 Å². The molecule has 0 fully saturated rings. The van der Waals surface area contributed by atoms with Gasteiger partial charge < -0.3 is 4.90 Å². The second kappa shape index (κ2) is 8.26. The van der Waals surface area contributed by atoms with Crippen molar-refractivity contribution in [3.8, 4) is 0 Å². The lowest BCUT2D eigenvalue weighted by molar-refractivity contribution is 0.774. The first kappa shape index (κ1) is 19.0. The molecule has 1 aliphatic rings. The molecule has 1 aliphatic carbocycles. The standard InChI is InChI=1S/C26H29N/c1-6-8-23-12-15-25(18-22(23)7-2)27(24-13-9-19(3)10-14-24)26-16-11-20(4)17-21(26)5/h6-14,16-18,25H,2,15H2,1,3-5H3. The minimum Gasteiger partial charge on any atom is -0.334 e. The van der Waals surface area contributed by atoms with E-state index in [1.54, 1.807) is 0 Å². The largest absolute Gasteiger partial charge is 0.334 e. The smallest absolute Gasteiger partial charge is 0.0566 e. The number of benzene rings is 2. The molecule has 0 radical (unpaired) electrons. The summed E-state index contributed by atoms with van der Waals surface area (Å²) in [6.45, 7) is 12.6. The Labute approximate surface area is 164 Å². The van der Waals surface area contributed by atoms with E-state index >= 15 is 0 Å². The van der Waals surface area contributed by atoms with Crippen molar-refractivity contribution in [2.45, 2.75) is 40.2 Å². The van der Waals surface area contributed by atoms with Crippen LogP contribution in [0.1, 0.15) is 30.0 Å². The number of allylic oxidation sites excluding steroid dienone is 5. The van der Waals surface area contributed by atoms with Crippen molar-refractivity contribution in [1.82, 2.24) is 0 Å². The Kier molecular flexibility index (Phi) is 5.81. The summed E-state index contributed by atoms with van der Waals surface area (Å²) in [5.41, 5.74) is 8.81. The molecule has 0 saturated carbocycles. The summed E-state index contributed by atoms with van der Waals surface area (Å²) in [5, 5.41) is 0. The first-order valence-electron chi connectivity index (χ1n) is 9.64. The minimum atomic E-state index is 0.260. The van der Waals surface area contributed by atoms with Gasteiger partial charge in [-0.05, 0) is 69.0 Å². The van der Waals surface area contributed by atoms with Crippen LogP contribution in [0.15, 0.2) is 90.6 Å². The third kappa shape index (κ3) is 4.14. The fourth-order valence-corrected chi connectivity index (χ4v) is 3.74. The molecule has 27 heavy (non-hydrogen) atoms. The van der Waals surface area contributed by atoms with Crippen molar-refractivity contribution in [2.24, 2.45) is 0 Å². The molecule has 3 rings (SSSR count). The van der Waals surface area contributed by atoms with Crippen LogP contribution in [0.3, 0.4) is 0 Å². The molecule has 2 aromatic rings. The van der Waals surface area contributed by atoms with Crippen LogP contribution in [-0.4, -0.2) is 6.04 Å². The van der Waals surface area contributed by atoms with Crippen molar-refractivity contribution < 1.29 is 0 Å². The van der Waals surface area contributed by atoms with Gasteiger partial charge in [0, 0.05) is 11.4 Å². The highest BCUT2D eigenvalue weighted by Crippen LogP contribution is 2.35. The highest BCUT2D eigenvalue weighted by Gasteiger charge is 2.23. The average Bonchev–Trinajstić information content (AvgIpc) is 2.66. The monoisotopic (exact) mass is 355 g/mol. The predicted octanol–water partition coefficient (Wildman–Crippen LogP) is 7.14. The van der Waals surface area contributed by atoms with Gasteiger partial charge in [0.25, 0.3) is 0 Å². The zero-order valence-electron chi connectivity index (χ0n) is 16.9. The highest BCUT2D eigenvalue weighted by molar-refractivity contribution is 5.69. The second-order valence-corrected chi connectivity index (χ2v) is 7.28. The van der Waals surface area contributed by atoms with Gasteiger partial charge >= 0.3 is 0 Å². The number of rotatable bonds is 5. The van der Waals surface area contributed by atoms with Gasteiger partial charge in [0.1, 0.15) is 0 Å². The van der Waals surface area contributed by atoms with E-state index in [9.17, 15) is 0 Å². The molecule has 0 heterocycles. The normalized spacial score (nSPS) is 16.8. The number of aryl methyl sites for hydroxylation is 3. The van der Waals surface area contributed by atoms with Crippen LogP contribution in [0.4, 0.5) is 11.4 Å². The zero-order valence-corrected chi connectivity index (χ0v) is 16.9. The van der Waals surface area contributed by atoms with E-state index in [0.717, 1.165) is 6.42 Å². The van der Waals surface area contributed by atoms with Crippen molar-refractivity contribution in [2.75, 3.05) is 4.90 Å². The van der Waals surface area contributed by atoms with E-state index in [4.69, 9.17) is 0 Å². The minimum absolute atomic E-state index is 0.260. The van der Waals surface area contributed by atoms with Gasteiger partial charge in [-0.2, -0.15) is 0 Å². The van der Waals surface area contributed by atoms with Crippen molar-refractivity contribution >= 4 is 11.4 Å². The predicted molar refractivity (Wildman–Crippen MR) is 119 cm³/mol. The zero-order chi connectivity index (χ0) is 19.4. The van der Waals surface area contributed by atoms with Gasteiger partial charge in [-0.25, -0.2) is 0 Å². The van der Waals surface area contributed by atoms with E-state index in [1.165, 1.54) is 39.2 Å². The van der Waals surface area contributed by atoms with Crippen LogP contribution >= 0.6 is 0 Å². The van der Waals surface area contributed by atoms with Crippen LogP contribution in [0.5, 0.6) is 0 Å². The summed E-state index contributed by atoms with van der Waals surface area (Å²) in [4.78, 5) is 2.46. The fourth-order valence-electron chi connectivity index (χ4n) is 3.74. The Bertz CT molecular complexity index is 910. The fraction of sp³-hybridized carbons (Fsp3) is 0.231. The first-order chi connectivity index (χ1) is 13.0. The van der Waals surface area contributed by atoms with Gasteiger partial charge in [-0.15, -0.1) is 0 Å². The molecule has 0 N–H and O–H groups in total. The molecule has 138 valence electrons. The number of nitrogens with zero attached hydrogens (tertiary/aromatic N) is 1. The highest BCUT2D eigenvalue weighted by atomic mass is 15.2. The molecule has 0 saturated heterocycles. The van der Waals surface area contributed by atoms with Crippen LogP contribution in [0.25, 0.3) is 0 Å². The molecular weight excluding hydrogens is 326 g/mol. The average molecular weight is 356 g/mol. The topological polar surface area (TPSA) is 3.24 Å². The van der Waals surface area contributed by atoms with Gasteiger partial charge in [0.15, 0.2) is 0 Å². The molecular formula is C26H29N. The molecule has 0 aliphatic heterocycles. The number of hydrogen-bond acceptors (Lipinski definition) is 1. The molecule has 0 bridgehead atoms. The summed E-state index contributed by atoms with van der Waals surface area (Å²) in [5.74, 6) is 0. The summed E-state index contributed by atoms with van der Waals surface area (Å²) < 4.78 is 0. The first-order valence-corrected chi connectivity index (χ1v) is 9.64. The molecule has 2 aromatic carbocycles. The molecule has 0 spiro atoms. The molecule has 1 heteroatoms. The molecule has 0 aromatic heterocycles. The Morgan fingerprint density at radius 1 is 0.963 bits per heavy atom. The summed E-state index contributed by atoms with van der Waals surface area (Å²) >= 11 is 0. The third-order valence-corrected chi connectivity index (χ3v) is 5.11. The molecule has 1 atom stereocenters. The van der Waals surface area contributed by atoms with E-state index in [1.807, 2.05) is 6.08 Å². The Morgan fingerprint density at radius 3 is 2.30 bits per heavy atom. The Morgan fingerprint density at radius 2 is 1.67 bits per heavy atom. The van der Waals surface area contributed by atoms with E-state index < -0.39 is 0 Å². The van der Waals surface area contributed by atoms with Crippen molar-refractivity contribution in [3.63, 3.8) is 0 Å². The maximum Gasteiger partial charge on any atom is 0.0566 e. The van der Waals surface area contributed by atoms with Crippen LogP contribution in [0, 0.1) is 20.8 Å². The molecule has 0 amide bonds. The Balaban J connectivity index is 2.09. The maximum absolute atomic E-state index is 4.04. The van der Waals surface area contributed by atoms with E-state index in [2.05, 4.69) is 106 Å². The maximum atomic E-state index is 4.04. The third-order valence-electron chi connectivity index (χ3n) is 5.11. The van der Waals surface area contributed by atoms with Crippen LogP contribution < -0.4 is 4.90 Å². The SMILES string of the molecule is C=CC1=CC(N(c2ccc(C)cc2)c2ccc(C)cc2C)CC=C1C=CC. The molecule has 1 nitrogen and oxygen atoms in total. The summed E-state index contributed by atoms with van der Waals surface area (Å²) in [7, 11) is 0. The van der Waals surface area contributed by atoms with Crippen LogP contribution in [-0.2, 0) is 0 Å². The van der Waals surface area contributed by atoms with E-state index in [-0.39, 0.29) is 6.04 Å². The second-order valence-electron chi connectivity index (χ2n) is 7.28.